The molecular weight excluding hydrogens is 350 g/mol. The van der Waals surface area contributed by atoms with Gasteiger partial charge >= 0.3 is 6.03 Å². The second-order valence-electron chi connectivity index (χ2n) is 5.10. The van der Waals surface area contributed by atoms with E-state index in [-0.39, 0.29) is 11.7 Å². The summed E-state index contributed by atoms with van der Waals surface area (Å²) in [6.07, 6.45) is 1.45. The molecule has 0 fully saturated rings. The highest BCUT2D eigenvalue weighted by Gasteiger charge is 2.18. The average Bonchev–Trinajstić information content (AvgIpc) is 2.69. The molecule has 0 unspecified atom stereocenters. The number of aromatic nitrogens is 3. The first-order valence-corrected chi connectivity index (χ1v) is 8.59. The van der Waals surface area contributed by atoms with Gasteiger partial charge in [0.2, 0.25) is 5.12 Å². The predicted molar refractivity (Wildman–Crippen MR) is 99.1 cm³/mol. The van der Waals surface area contributed by atoms with Gasteiger partial charge in [-0.1, -0.05) is 36.4 Å². The molecule has 0 spiro atoms. The molecule has 0 aliphatic heterocycles. The number of urea groups is 1. The van der Waals surface area contributed by atoms with E-state index >= 15 is 0 Å². The fourth-order valence-electron chi connectivity index (χ4n) is 2.20. The van der Waals surface area contributed by atoms with Gasteiger partial charge in [0, 0.05) is 0 Å². The fraction of sp³-hybridized carbons (Fsp3) is 0.0556. The summed E-state index contributed by atoms with van der Waals surface area (Å²) in [4.78, 5) is 26.3. The van der Waals surface area contributed by atoms with Crippen LogP contribution in [0.4, 0.5) is 16.2 Å². The first-order valence-electron chi connectivity index (χ1n) is 7.77. The van der Waals surface area contributed by atoms with Crippen LogP contribution in [0.15, 0.2) is 78.0 Å². The highest BCUT2D eigenvalue weighted by Crippen LogP contribution is 2.25. The Labute approximate surface area is 154 Å². The van der Waals surface area contributed by atoms with Crippen LogP contribution in [0.1, 0.15) is 0 Å². The van der Waals surface area contributed by atoms with Gasteiger partial charge in [-0.2, -0.15) is 0 Å². The van der Waals surface area contributed by atoms with Crippen LogP contribution in [0.5, 0.6) is 0 Å². The van der Waals surface area contributed by atoms with Crippen LogP contribution in [0.2, 0.25) is 0 Å². The molecule has 2 aromatic carbocycles. The van der Waals surface area contributed by atoms with Crippen LogP contribution in [-0.4, -0.2) is 33.1 Å². The first-order chi connectivity index (χ1) is 12.7. The van der Waals surface area contributed by atoms with E-state index in [1.165, 1.54) is 11.1 Å². The quantitative estimate of drug-likeness (QED) is 0.699. The summed E-state index contributed by atoms with van der Waals surface area (Å²) in [5, 5.41) is 13.6. The maximum absolute atomic E-state index is 12.7. The summed E-state index contributed by atoms with van der Waals surface area (Å²) in [6.45, 7) is -0.135. The van der Waals surface area contributed by atoms with Gasteiger partial charge < -0.3 is 5.32 Å². The standard InChI is InChI=1S/C18H15N5O2S/c24-17(26-16-11-12-20-22-21-16)13-19-18(25)23(14-7-3-1-4-8-14)15-9-5-2-6-10-15/h1-12H,13H2,(H,19,25). The van der Waals surface area contributed by atoms with Crippen molar-refractivity contribution in [2.75, 3.05) is 11.4 Å². The summed E-state index contributed by atoms with van der Waals surface area (Å²) >= 11 is 0.903. The van der Waals surface area contributed by atoms with Crippen molar-refractivity contribution in [1.82, 2.24) is 20.7 Å². The molecule has 1 aromatic heterocycles. The predicted octanol–water partition coefficient (Wildman–Crippen LogP) is 3.04. The lowest BCUT2D eigenvalue weighted by Crippen LogP contribution is -2.39. The van der Waals surface area contributed by atoms with E-state index in [4.69, 9.17) is 0 Å². The van der Waals surface area contributed by atoms with Gasteiger partial charge in [-0.15, -0.1) is 10.2 Å². The number of para-hydroxylation sites is 2. The minimum Gasteiger partial charge on any atom is -0.329 e. The van der Waals surface area contributed by atoms with Gasteiger partial charge in [-0.3, -0.25) is 9.69 Å². The van der Waals surface area contributed by atoms with Crippen LogP contribution in [0, 0.1) is 0 Å². The molecule has 0 bridgehead atoms. The Balaban J connectivity index is 1.69. The van der Waals surface area contributed by atoms with Gasteiger partial charge in [0.1, 0.15) is 5.03 Å². The van der Waals surface area contributed by atoms with Crippen molar-refractivity contribution in [2.45, 2.75) is 5.03 Å². The van der Waals surface area contributed by atoms with Crippen LogP contribution >= 0.6 is 11.8 Å². The molecule has 0 aliphatic carbocycles. The number of carbonyl (C=O) groups excluding carboxylic acids is 2. The number of anilines is 2. The van der Waals surface area contributed by atoms with E-state index in [1.807, 2.05) is 60.7 Å². The van der Waals surface area contributed by atoms with Crippen molar-refractivity contribution in [1.29, 1.82) is 0 Å². The number of carbonyl (C=O) groups is 2. The zero-order valence-electron chi connectivity index (χ0n) is 13.6. The zero-order chi connectivity index (χ0) is 18.2. The Bertz CT molecular complexity index is 823. The lowest BCUT2D eigenvalue weighted by Gasteiger charge is -2.23. The number of rotatable bonds is 5. The summed E-state index contributed by atoms with van der Waals surface area (Å²) in [6, 6.07) is 19.7. The Kier molecular flexibility index (Phi) is 5.89. The fourth-order valence-corrected chi connectivity index (χ4v) is 2.79. The number of nitrogens with one attached hydrogen (secondary N) is 1. The minimum atomic E-state index is -0.392. The lowest BCUT2D eigenvalue weighted by molar-refractivity contribution is -0.110. The lowest BCUT2D eigenvalue weighted by atomic mass is 10.2. The summed E-state index contributed by atoms with van der Waals surface area (Å²) in [7, 11) is 0. The zero-order valence-corrected chi connectivity index (χ0v) is 14.5. The molecule has 0 aliphatic rings. The number of benzene rings is 2. The van der Waals surface area contributed by atoms with Gasteiger partial charge in [-0.25, -0.2) is 4.79 Å². The average molecular weight is 365 g/mol. The van der Waals surface area contributed by atoms with E-state index in [0.717, 1.165) is 11.8 Å². The third-order valence-corrected chi connectivity index (χ3v) is 4.11. The van der Waals surface area contributed by atoms with Crippen LogP contribution in [0.25, 0.3) is 0 Å². The Hall–Kier alpha value is -3.26. The first kappa shape index (κ1) is 17.6. The van der Waals surface area contributed by atoms with Crippen LogP contribution in [-0.2, 0) is 4.79 Å². The number of thioether (sulfide) groups is 1. The molecule has 26 heavy (non-hydrogen) atoms. The number of amides is 2. The second kappa shape index (κ2) is 8.72. The van der Waals surface area contributed by atoms with Crippen molar-refractivity contribution >= 4 is 34.3 Å². The SMILES string of the molecule is O=C(CNC(=O)N(c1ccccc1)c1ccccc1)Sc1ccnnn1. The normalized spacial score (nSPS) is 10.2. The minimum absolute atomic E-state index is 0.135. The molecule has 7 nitrogen and oxygen atoms in total. The molecule has 0 atom stereocenters. The third-order valence-electron chi connectivity index (χ3n) is 3.31. The van der Waals surface area contributed by atoms with Crippen molar-refractivity contribution < 1.29 is 9.59 Å². The van der Waals surface area contributed by atoms with E-state index in [9.17, 15) is 9.59 Å². The Morgan fingerprint density at radius 2 is 1.54 bits per heavy atom. The smallest absolute Gasteiger partial charge is 0.326 e. The van der Waals surface area contributed by atoms with Gasteiger partial charge in [0.05, 0.1) is 24.1 Å². The Morgan fingerprint density at radius 3 is 2.08 bits per heavy atom. The molecule has 2 amide bonds. The maximum atomic E-state index is 12.7. The van der Waals surface area contributed by atoms with Gasteiger partial charge in [0.25, 0.3) is 0 Å². The van der Waals surface area contributed by atoms with Gasteiger partial charge in [-0.05, 0) is 47.3 Å². The van der Waals surface area contributed by atoms with E-state index in [2.05, 4.69) is 20.7 Å². The summed E-state index contributed by atoms with van der Waals surface area (Å²) in [5.74, 6) is 0. The molecule has 3 aromatic rings. The summed E-state index contributed by atoms with van der Waals surface area (Å²) < 4.78 is 0. The largest absolute Gasteiger partial charge is 0.329 e. The highest BCUT2D eigenvalue weighted by molar-refractivity contribution is 8.13. The maximum Gasteiger partial charge on any atom is 0.326 e. The molecule has 8 heteroatoms. The van der Waals surface area contributed by atoms with E-state index in [0.29, 0.717) is 16.4 Å². The topological polar surface area (TPSA) is 88.1 Å². The van der Waals surface area contributed by atoms with E-state index in [1.54, 1.807) is 6.07 Å². The van der Waals surface area contributed by atoms with Crippen LogP contribution in [0.3, 0.4) is 0 Å². The van der Waals surface area contributed by atoms with Gasteiger partial charge in [0.15, 0.2) is 0 Å². The van der Waals surface area contributed by atoms with Crippen molar-refractivity contribution in [2.24, 2.45) is 0 Å². The third kappa shape index (κ3) is 4.64. The molecule has 0 saturated carbocycles. The van der Waals surface area contributed by atoms with Crippen LogP contribution < -0.4 is 10.2 Å². The monoisotopic (exact) mass is 365 g/mol. The molecule has 0 saturated heterocycles. The number of hydrogen-bond donors (Lipinski definition) is 1. The molecule has 0 radical (unpaired) electrons. The summed E-state index contributed by atoms with van der Waals surface area (Å²) in [5.41, 5.74) is 1.41. The Morgan fingerprint density at radius 1 is 0.923 bits per heavy atom. The number of nitrogens with zero attached hydrogens (tertiary/aromatic N) is 4. The molecular formula is C18H15N5O2S. The van der Waals surface area contributed by atoms with Crippen molar-refractivity contribution in [3.05, 3.63) is 72.9 Å². The van der Waals surface area contributed by atoms with E-state index < -0.39 is 6.03 Å². The molecule has 1 N–H and O–H groups in total. The van der Waals surface area contributed by atoms with Crippen molar-refractivity contribution in [3.63, 3.8) is 0 Å². The molecule has 3 rings (SSSR count). The molecule has 1 heterocycles. The number of hydrogen-bond acceptors (Lipinski definition) is 6. The molecule has 130 valence electrons. The second-order valence-corrected chi connectivity index (χ2v) is 6.18. The van der Waals surface area contributed by atoms with Crippen molar-refractivity contribution in [3.8, 4) is 0 Å². The highest BCUT2D eigenvalue weighted by atomic mass is 32.2.